The minimum absolute atomic E-state index is 0. The number of nitrogens with zero attached hydrogens (tertiary/aromatic N) is 2. The van der Waals surface area contributed by atoms with E-state index in [0.717, 1.165) is 24.7 Å². The Balaban J connectivity index is 0.00000288. The van der Waals surface area contributed by atoms with Crippen molar-refractivity contribution in [1.82, 2.24) is 9.80 Å². The predicted octanol–water partition coefficient (Wildman–Crippen LogP) is 6.10. The van der Waals surface area contributed by atoms with Gasteiger partial charge in [-0.2, -0.15) is 0 Å². The molecule has 0 N–H and O–H groups in total. The number of hydrogen-bond donors (Lipinski definition) is 0. The summed E-state index contributed by atoms with van der Waals surface area (Å²) in [6, 6.07) is 8.24. The van der Waals surface area contributed by atoms with E-state index in [1.54, 1.807) is 0 Å². The SMILES string of the molecule is CCCCCCCN1C=CN(CCCCc2ccc(Cl)cc2)C1.Cl. The summed E-state index contributed by atoms with van der Waals surface area (Å²) in [5, 5.41) is 0.825. The van der Waals surface area contributed by atoms with Gasteiger partial charge >= 0.3 is 0 Å². The molecule has 1 aromatic rings. The van der Waals surface area contributed by atoms with Crippen molar-refractivity contribution in [2.75, 3.05) is 19.8 Å². The number of rotatable bonds is 11. The zero-order valence-electron chi connectivity index (χ0n) is 14.9. The van der Waals surface area contributed by atoms with Crippen LogP contribution >= 0.6 is 24.0 Å². The molecule has 1 aromatic carbocycles. The van der Waals surface area contributed by atoms with Gasteiger partial charge < -0.3 is 9.80 Å². The molecule has 0 spiro atoms. The van der Waals surface area contributed by atoms with Crippen molar-refractivity contribution in [1.29, 1.82) is 0 Å². The molecule has 0 saturated carbocycles. The first-order valence-corrected chi connectivity index (χ1v) is 9.56. The van der Waals surface area contributed by atoms with Gasteiger partial charge in [0.05, 0.1) is 6.67 Å². The van der Waals surface area contributed by atoms with Gasteiger partial charge in [0.2, 0.25) is 0 Å². The van der Waals surface area contributed by atoms with E-state index in [4.69, 9.17) is 11.6 Å². The molecule has 0 amide bonds. The molecule has 4 heteroatoms. The second-order valence-electron chi connectivity index (χ2n) is 6.56. The van der Waals surface area contributed by atoms with E-state index in [2.05, 4.69) is 41.3 Å². The second-order valence-corrected chi connectivity index (χ2v) is 7.00. The quantitative estimate of drug-likeness (QED) is 0.434. The van der Waals surface area contributed by atoms with Crippen molar-refractivity contribution >= 4 is 24.0 Å². The van der Waals surface area contributed by atoms with E-state index in [1.807, 2.05) is 12.1 Å². The van der Waals surface area contributed by atoms with Gasteiger partial charge in [-0.15, -0.1) is 12.4 Å². The highest BCUT2D eigenvalue weighted by Gasteiger charge is 2.10. The molecule has 0 aliphatic carbocycles. The summed E-state index contributed by atoms with van der Waals surface area (Å²) in [5.74, 6) is 0. The fraction of sp³-hybridized carbons (Fsp3) is 0.600. The van der Waals surface area contributed by atoms with Crippen molar-refractivity contribution in [2.24, 2.45) is 0 Å². The average Bonchev–Trinajstić information content (AvgIpc) is 3.01. The topological polar surface area (TPSA) is 6.48 Å². The first kappa shape index (κ1) is 21.2. The van der Waals surface area contributed by atoms with Gasteiger partial charge in [-0.05, 0) is 43.4 Å². The molecule has 0 radical (unpaired) electrons. The Morgan fingerprint density at radius 3 is 2.04 bits per heavy atom. The highest BCUT2D eigenvalue weighted by molar-refractivity contribution is 6.30. The number of hydrogen-bond acceptors (Lipinski definition) is 2. The van der Waals surface area contributed by atoms with Gasteiger partial charge in [-0.3, -0.25) is 0 Å². The van der Waals surface area contributed by atoms with E-state index in [9.17, 15) is 0 Å². The summed E-state index contributed by atoms with van der Waals surface area (Å²) in [6.07, 6.45) is 15.0. The first-order valence-electron chi connectivity index (χ1n) is 9.19. The maximum Gasteiger partial charge on any atom is 0.0893 e. The first-order chi connectivity index (χ1) is 11.3. The van der Waals surface area contributed by atoms with Crippen LogP contribution in [0.5, 0.6) is 0 Å². The lowest BCUT2D eigenvalue weighted by Gasteiger charge is -2.21. The number of aryl methyl sites for hydroxylation is 1. The smallest absolute Gasteiger partial charge is 0.0893 e. The fourth-order valence-electron chi connectivity index (χ4n) is 3.02. The summed E-state index contributed by atoms with van der Waals surface area (Å²) in [4.78, 5) is 4.89. The Hall–Kier alpha value is -0.860. The fourth-order valence-corrected chi connectivity index (χ4v) is 3.15. The van der Waals surface area contributed by atoms with Crippen LogP contribution in [0.2, 0.25) is 5.02 Å². The van der Waals surface area contributed by atoms with Gasteiger partial charge in [-0.1, -0.05) is 56.3 Å². The van der Waals surface area contributed by atoms with Gasteiger partial charge in [-0.25, -0.2) is 0 Å². The average molecular weight is 371 g/mol. The van der Waals surface area contributed by atoms with Crippen LogP contribution in [0.25, 0.3) is 0 Å². The van der Waals surface area contributed by atoms with Crippen LogP contribution in [-0.2, 0) is 6.42 Å². The van der Waals surface area contributed by atoms with Crippen LogP contribution < -0.4 is 0 Å². The van der Waals surface area contributed by atoms with E-state index >= 15 is 0 Å². The summed E-state index contributed by atoms with van der Waals surface area (Å²) in [6.45, 7) is 5.72. The van der Waals surface area contributed by atoms with Crippen LogP contribution in [0.4, 0.5) is 0 Å². The molecule has 0 aromatic heterocycles. The summed E-state index contributed by atoms with van der Waals surface area (Å²) < 4.78 is 0. The molecule has 0 atom stereocenters. The normalized spacial score (nSPS) is 13.4. The predicted molar refractivity (Wildman–Crippen MR) is 108 cm³/mol. The van der Waals surface area contributed by atoms with E-state index in [-0.39, 0.29) is 12.4 Å². The van der Waals surface area contributed by atoms with E-state index < -0.39 is 0 Å². The molecule has 136 valence electrons. The molecule has 0 fully saturated rings. The zero-order chi connectivity index (χ0) is 16.3. The third-order valence-corrected chi connectivity index (χ3v) is 4.73. The monoisotopic (exact) mass is 370 g/mol. The molecular weight excluding hydrogens is 339 g/mol. The van der Waals surface area contributed by atoms with Crippen molar-refractivity contribution in [3.05, 3.63) is 47.3 Å². The Labute approximate surface area is 159 Å². The van der Waals surface area contributed by atoms with E-state index in [0.29, 0.717) is 0 Å². The second kappa shape index (κ2) is 12.5. The Morgan fingerprint density at radius 2 is 1.42 bits per heavy atom. The standard InChI is InChI=1S/C20H31ClN2.ClH/c1-2-3-4-5-7-14-22-16-17-23(18-22)15-8-6-9-19-10-12-20(21)13-11-19;/h10-13,16-17H,2-9,14-15,18H2,1H3;1H. The molecule has 1 aliphatic rings. The highest BCUT2D eigenvalue weighted by Crippen LogP contribution is 2.13. The Kier molecular flexibility index (Phi) is 11.0. The summed E-state index contributed by atoms with van der Waals surface area (Å²) >= 11 is 5.91. The van der Waals surface area contributed by atoms with Crippen molar-refractivity contribution in [3.63, 3.8) is 0 Å². The maximum absolute atomic E-state index is 5.91. The van der Waals surface area contributed by atoms with Crippen LogP contribution in [0.1, 0.15) is 57.4 Å². The number of benzene rings is 1. The minimum Gasteiger partial charge on any atom is -0.359 e. The van der Waals surface area contributed by atoms with Crippen LogP contribution in [-0.4, -0.2) is 29.6 Å². The third kappa shape index (κ3) is 8.30. The number of halogens is 2. The molecule has 2 rings (SSSR count). The van der Waals surface area contributed by atoms with Crippen molar-refractivity contribution in [3.8, 4) is 0 Å². The largest absolute Gasteiger partial charge is 0.359 e. The molecular formula is C20H32Cl2N2. The molecule has 0 bridgehead atoms. The van der Waals surface area contributed by atoms with Crippen molar-refractivity contribution < 1.29 is 0 Å². The van der Waals surface area contributed by atoms with Gasteiger partial charge in [0.15, 0.2) is 0 Å². The Bertz CT molecular complexity index is 459. The molecule has 2 nitrogen and oxygen atoms in total. The highest BCUT2D eigenvalue weighted by atomic mass is 35.5. The third-order valence-electron chi connectivity index (χ3n) is 4.47. The van der Waals surface area contributed by atoms with Gasteiger partial charge in [0, 0.05) is 30.5 Å². The maximum atomic E-state index is 5.91. The molecule has 0 saturated heterocycles. The van der Waals surface area contributed by atoms with Crippen LogP contribution in [0.3, 0.4) is 0 Å². The lowest BCUT2D eigenvalue weighted by Crippen LogP contribution is -2.26. The van der Waals surface area contributed by atoms with Crippen molar-refractivity contribution in [2.45, 2.75) is 58.3 Å². The molecule has 1 heterocycles. The van der Waals surface area contributed by atoms with E-state index in [1.165, 1.54) is 57.1 Å². The molecule has 0 unspecified atom stereocenters. The van der Waals surface area contributed by atoms with Crippen LogP contribution in [0.15, 0.2) is 36.7 Å². The Morgan fingerprint density at radius 1 is 0.833 bits per heavy atom. The summed E-state index contributed by atoms with van der Waals surface area (Å²) in [7, 11) is 0. The lowest BCUT2D eigenvalue weighted by atomic mass is 10.1. The van der Waals surface area contributed by atoms with Crippen LogP contribution in [0, 0.1) is 0 Å². The molecule has 24 heavy (non-hydrogen) atoms. The minimum atomic E-state index is 0. The lowest BCUT2D eigenvalue weighted by molar-refractivity contribution is 0.258. The summed E-state index contributed by atoms with van der Waals surface area (Å²) in [5.41, 5.74) is 1.39. The van der Waals surface area contributed by atoms with Gasteiger partial charge in [0.25, 0.3) is 0 Å². The molecule has 1 aliphatic heterocycles. The van der Waals surface area contributed by atoms with Gasteiger partial charge in [0.1, 0.15) is 0 Å². The zero-order valence-corrected chi connectivity index (χ0v) is 16.5. The number of unbranched alkanes of at least 4 members (excludes halogenated alkanes) is 5.